The number of aromatic amines is 1. The second kappa shape index (κ2) is 4.43. The molecule has 4 heterocycles. The summed E-state index contributed by atoms with van der Waals surface area (Å²) in [5.41, 5.74) is 3.51. The van der Waals surface area contributed by atoms with Crippen LogP contribution in [0.2, 0.25) is 0 Å². The van der Waals surface area contributed by atoms with Crippen molar-refractivity contribution in [1.29, 1.82) is 0 Å². The van der Waals surface area contributed by atoms with Crippen LogP contribution in [0.5, 0.6) is 0 Å². The molecule has 0 saturated carbocycles. The minimum Gasteiger partial charge on any atom is -0.345 e. The summed E-state index contributed by atoms with van der Waals surface area (Å²) in [6, 6.07) is 0. The van der Waals surface area contributed by atoms with E-state index in [0.29, 0.717) is 24.5 Å². The highest BCUT2D eigenvalue weighted by Gasteiger charge is 2.38. The molecule has 0 bridgehead atoms. The van der Waals surface area contributed by atoms with Gasteiger partial charge in [-0.1, -0.05) is 0 Å². The molecule has 0 aliphatic carbocycles. The van der Waals surface area contributed by atoms with Gasteiger partial charge >= 0.3 is 6.18 Å². The van der Waals surface area contributed by atoms with Crippen molar-refractivity contribution >= 4 is 11.5 Å². The van der Waals surface area contributed by atoms with Crippen molar-refractivity contribution < 1.29 is 13.2 Å². The Morgan fingerprint density at radius 3 is 2.61 bits per heavy atom. The number of hydrogen-bond donors (Lipinski definition) is 1. The number of alkyl halides is 3. The molecule has 10 heteroatoms. The molecule has 0 radical (unpaired) electrons. The quantitative estimate of drug-likeness (QED) is 0.741. The van der Waals surface area contributed by atoms with Crippen LogP contribution < -0.4 is 4.90 Å². The monoisotopic (exact) mass is 323 g/mol. The zero-order chi connectivity index (χ0) is 16.4. The molecule has 0 fully saturated rings. The number of rotatable bonds is 1. The van der Waals surface area contributed by atoms with Gasteiger partial charge in [-0.25, -0.2) is 0 Å². The number of nitrogens with zero attached hydrogens (tertiary/aromatic N) is 6. The lowest BCUT2D eigenvalue weighted by Crippen LogP contribution is -2.21. The van der Waals surface area contributed by atoms with E-state index in [4.69, 9.17) is 0 Å². The van der Waals surface area contributed by atoms with Gasteiger partial charge in [0.1, 0.15) is 0 Å². The third kappa shape index (κ3) is 1.97. The van der Waals surface area contributed by atoms with Crippen molar-refractivity contribution in [2.24, 2.45) is 0 Å². The molecule has 1 N–H and O–H groups in total. The van der Waals surface area contributed by atoms with E-state index in [1.54, 1.807) is 13.1 Å². The fourth-order valence-electron chi connectivity index (χ4n) is 2.80. The van der Waals surface area contributed by atoms with Crippen molar-refractivity contribution in [2.75, 3.05) is 4.90 Å². The van der Waals surface area contributed by atoms with Gasteiger partial charge < -0.3 is 4.90 Å². The van der Waals surface area contributed by atoms with Crippen LogP contribution in [-0.4, -0.2) is 30.0 Å². The van der Waals surface area contributed by atoms with Crippen molar-refractivity contribution in [3.63, 3.8) is 0 Å². The number of H-pyrrole nitrogens is 1. The minimum atomic E-state index is -4.61. The van der Waals surface area contributed by atoms with Gasteiger partial charge in [-0.15, -0.1) is 15.3 Å². The van der Waals surface area contributed by atoms with Crippen LogP contribution in [0.15, 0.2) is 6.20 Å². The average Bonchev–Trinajstić information content (AvgIpc) is 3.14. The van der Waals surface area contributed by atoms with Crippen LogP contribution in [0.1, 0.15) is 28.2 Å². The van der Waals surface area contributed by atoms with E-state index in [9.17, 15) is 13.2 Å². The molecular formula is C13H12F3N7. The molecule has 0 saturated heterocycles. The molecular weight excluding hydrogens is 311 g/mol. The first-order valence-electron chi connectivity index (χ1n) is 6.92. The number of halogens is 3. The Balaban J connectivity index is 1.87. The Kier molecular flexibility index (Phi) is 2.69. The number of anilines is 1. The summed E-state index contributed by atoms with van der Waals surface area (Å²) in [6.07, 6.45) is -2.89. The Morgan fingerprint density at radius 1 is 1.13 bits per heavy atom. The number of aromatic nitrogens is 6. The van der Waals surface area contributed by atoms with E-state index in [2.05, 4.69) is 25.5 Å². The molecule has 1 aliphatic heterocycles. The molecule has 4 rings (SSSR count). The summed E-state index contributed by atoms with van der Waals surface area (Å²) in [7, 11) is 0. The lowest BCUT2D eigenvalue weighted by atomic mass is 10.2. The van der Waals surface area contributed by atoms with Crippen molar-refractivity contribution in [1.82, 2.24) is 30.0 Å². The maximum absolute atomic E-state index is 13.1. The van der Waals surface area contributed by atoms with Crippen LogP contribution in [0.4, 0.5) is 19.0 Å². The van der Waals surface area contributed by atoms with Gasteiger partial charge in [0.2, 0.25) is 0 Å². The van der Waals surface area contributed by atoms with E-state index in [-0.39, 0.29) is 5.65 Å². The summed E-state index contributed by atoms with van der Waals surface area (Å²) in [4.78, 5) is 1.91. The Labute approximate surface area is 128 Å². The van der Waals surface area contributed by atoms with Crippen LogP contribution >= 0.6 is 0 Å². The van der Waals surface area contributed by atoms with Crippen molar-refractivity contribution in [3.8, 4) is 0 Å². The zero-order valence-electron chi connectivity index (χ0n) is 12.3. The molecule has 0 amide bonds. The number of nitrogens with one attached hydrogen (secondary N) is 1. The lowest BCUT2D eigenvalue weighted by Gasteiger charge is -2.20. The first kappa shape index (κ1) is 14.0. The Morgan fingerprint density at radius 2 is 1.91 bits per heavy atom. The van der Waals surface area contributed by atoms with E-state index in [1.807, 2.05) is 11.8 Å². The smallest absolute Gasteiger partial charge is 0.345 e. The molecule has 0 unspecified atom stereocenters. The fourth-order valence-corrected chi connectivity index (χ4v) is 2.80. The topological polar surface area (TPSA) is 75.0 Å². The molecule has 0 atom stereocenters. The van der Waals surface area contributed by atoms with Crippen LogP contribution in [0.3, 0.4) is 0 Å². The van der Waals surface area contributed by atoms with Gasteiger partial charge in [-0.2, -0.15) is 22.8 Å². The highest BCUT2D eigenvalue weighted by atomic mass is 19.4. The molecule has 3 aromatic rings. The second-order valence-corrected chi connectivity index (χ2v) is 5.56. The van der Waals surface area contributed by atoms with Gasteiger partial charge in [-0.05, 0) is 13.8 Å². The van der Waals surface area contributed by atoms with E-state index in [0.717, 1.165) is 21.3 Å². The normalized spacial score (nSPS) is 14.7. The Bertz CT molecular complexity index is 888. The summed E-state index contributed by atoms with van der Waals surface area (Å²) < 4.78 is 40.0. The SMILES string of the molecule is Cc1c(N2Cc3cn[nH]c3C2)nn2c(C(F)(F)F)nnc2c1C. The van der Waals surface area contributed by atoms with Crippen LogP contribution in [-0.2, 0) is 19.3 Å². The number of hydrogen-bond acceptors (Lipinski definition) is 5. The molecule has 120 valence electrons. The largest absolute Gasteiger partial charge is 0.453 e. The van der Waals surface area contributed by atoms with Gasteiger partial charge in [-0.3, -0.25) is 5.10 Å². The number of aryl methyl sites for hydroxylation is 1. The second-order valence-electron chi connectivity index (χ2n) is 5.56. The maximum atomic E-state index is 13.1. The van der Waals surface area contributed by atoms with E-state index < -0.39 is 12.0 Å². The minimum absolute atomic E-state index is 0.123. The molecule has 7 nitrogen and oxygen atoms in total. The lowest BCUT2D eigenvalue weighted by molar-refractivity contribution is -0.146. The number of fused-ring (bicyclic) bond motifs is 2. The first-order valence-corrected chi connectivity index (χ1v) is 6.92. The highest BCUT2D eigenvalue weighted by molar-refractivity contribution is 5.60. The molecule has 3 aromatic heterocycles. The summed E-state index contributed by atoms with van der Waals surface area (Å²) in [6.45, 7) is 4.62. The maximum Gasteiger partial charge on any atom is 0.453 e. The summed E-state index contributed by atoms with van der Waals surface area (Å²) in [5, 5.41) is 17.9. The highest BCUT2D eigenvalue weighted by Crippen LogP contribution is 2.33. The zero-order valence-corrected chi connectivity index (χ0v) is 12.3. The predicted octanol–water partition coefficient (Wildman–Crippen LogP) is 2.00. The Hall–Kier alpha value is -2.65. The molecule has 0 spiro atoms. The molecule has 0 aromatic carbocycles. The predicted molar refractivity (Wildman–Crippen MR) is 73.7 cm³/mol. The van der Waals surface area contributed by atoms with Gasteiger partial charge in [0.25, 0.3) is 5.82 Å². The summed E-state index contributed by atoms with van der Waals surface area (Å²) >= 11 is 0. The standard InChI is InChI=1S/C13H12F3N7/c1-6-7(2)11(22-4-8-3-17-18-9(8)5-22)21-23-10(6)19-20-12(23)13(14,15)16/h3H,4-5H2,1-2H3,(H,17,18). The van der Waals surface area contributed by atoms with Crippen LogP contribution in [0.25, 0.3) is 5.65 Å². The van der Waals surface area contributed by atoms with Crippen molar-refractivity contribution in [2.45, 2.75) is 33.1 Å². The molecule has 23 heavy (non-hydrogen) atoms. The third-order valence-corrected chi connectivity index (χ3v) is 4.14. The van der Waals surface area contributed by atoms with E-state index in [1.165, 1.54) is 0 Å². The van der Waals surface area contributed by atoms with Crippen LogP contribution in [0, 0.1) is 13.8 Å². The first-order chi connectivity index (χ1) is 10.9. The average molecular weight is 323 g/mol. The molecule has 1 aliphatic rings. The summed E-state index contributed by atoms with van der Waals surface area (Å²) in [5.74, 6) is -0.624. The van der Waals surface area contributed by atoms with Gasteiger partial charge in [0.05, 0.1) is 18.4 Å². The fraction of sp³-hybridized carbons (Fsp3) is 0.385. The van der Waals surface area contributed by atoms with Crippen molar-refractivity contribution in [3.05, 3.63) is 34.4 Å². The van der Waals surface area contributed by atoms with Gasteiger partial charge in [0, 0.05) is 23.2 Å². The third-order valence-electron chi connectivity index (χ3n) is 4.14. The van der Waals surface area contributed by atoms with E-state index >= 15 is 0 Å². The van der Waals surface area contributed by atoms with Gasteiger partial charge in [0.15, 0.2) is 11.5 Å².